The number of aliphatic carboxylic acids is 1. The third-order valence-corrected chi connectivity index (χ3v) is 5.11. The lowest BCUT2D eigenvalue weighted by molar-refractivity contribution is -0.144. The molecule has 1 atom stereocenters. The maximum absolute atomic E-state index is 12.4. The second kappa shape index (κ2) is 6.68. The van der Waals surface area contributed by atoms with Gasteiger partial charge in [-0.2, -0.15) is 0 Å². The van der Waals surface area contributed by atoms with E-state index in [-0.39, 0.29) is 25.3 Å². The van der Waals surface area contributed by atoms with Gasteiger partial charge in [-0.25, -0.2) is 9.78 Å². The smallest absolute Gasteiger partial charge is 0.331 e. The number of hydrogen-bond donors (Lipinski definition) is 2. The molecule has 2 heterocycles. The van der Waals surface area contributed by atoms with Gasteiger partial charge in [-0.1, -0.05) is 23.2 Å². The van der Waals surface area contributed by atoms with Crippen molar-refractivity contribution in [2.24, 2.45) is 0 Å². The molecule has 0 aliphatic carbocycles. The van der Waals surface area contributed by atoms with Gasteiger partial charge in [0, 0.05) is 29.0 Å². The molecule has 1 unspecified atom stereocenters. The molecule has 9 heteroatoms. The van der Waals surface area contributed by atoms with Crippen LogP contribution in [0, 0.1) is 0 Å². The van der Waals surface area contributed by atoms with Crippen LogP contribution in [-0.2, 0) is 9.53 Å². The van der Waals surface area contributed by atoms with E-state index in [0.717, 1.165) is 0 Å². The van der Waals surface area contributed by atoms with Crippen LogP contribution in [0.4, 0.5) is 0 Å². The van der Waals surface area contributed by atoms with Crippen LogP contribution in [0.2, 0.25) is 10.0 Å². The van der Waals surface area contributed by atoms with Gasteiger partial charge in [0.15, 0.2) is 5.54 Å². The van der Waals surface area contributed by atoms with E-state index >= 15 is 0 Å². The Kier molecular flexibility index (Phi) is 4.78. The summed E-state index contributed by atoms with van der Waals surface area (Å²) in [4.78, 5) is 28.1. The van der Waals surface area contributed by atoms with Gasteiger partial charge in [0.25, 0.3) is 5.91 Å². The predicted molar refractivity (Wildman–Crippen MR) is 90.8 cm³/mol. The first kappa shape index (κ1) is 17.2. The van der Waals surface area contributed by atoms with E-state index in [1.165, 1.54) is 11.3 Å². The monoisotopic (exact) mass is 386 g/mol. The summed E-state index contributed by atoms with van der Waals surface area (Å²) < 4.78 is 5.12. The summed E-state index contributed by atoms with van der Waals surface area (Å²) in [6.45, 7) is 0.226. The first-order valence-corrected chi connectivity index (χ1v) is 8.59. The highest BCUT2D eigenvalue weighted by molar-refractivity contribution is 7.13. The molecule has 126 valence electrons. The number of carbonyl (C=O) groups excluding carboxylic acids is 1. The van der Waals surface area contributed by atoms with Crippen molar-refractivity contribution < 1.29 is 19.4 Å². The topological polar surface area (TPSA) is 88.5 Å². The quantitative estimate of drug-likeness (QED) is 0.842. The molecule has 1 aliphatic heterocycles. The number of carbonyl (C=O) groups is 2. The number of nitrogens with one attached hydrogen (secondary N) is 1. The van der Waals surface area contributed by atoms with E-state index in [9.17, 15) is 14.7 Å². The first-order valence-electron chi connectivity index (χ1n) is 6.96. The van der Waals surface area contributed by atoms with Crippen LogP contribution in [0.3, 0.4) is 0 Å². The zero-order valence-corrected chi connectivity index (χ0v) is 14.5. The van der Waals surface area contributed by atoms with Gasteiger partial charge in [0.2, 0.25) is 0 Å². The van der Waals surface area contributed by atoms with Crippen LogP contribution in [0.1, 0.15) is 16.9 Å². The number of rotatable bonds is 4. The second-order valence-electron chi connectivity index (χ2n) is 5.31. The number of benzene rings is 1. The van der Waals surface area contributed by atoms with Crippen molar-refractivity contribution in [3.05, 3.63) is 39.3 Å². The Morgan fingerprint density at radius 1 is 1.38 bits per heavy atom. The lowest BCUT2D eigenvalue weighted by atomic mass is 9.99. The lowest BCUT2D eigenvalue weighted by Crippen LogP contribution is -2.55. The minimum atomic E-state index is -1.40. The summed E-state index contributed by atoms with van der Waals surface area (Å²) in [5.74, 6) is -1.68. The fourth-order valence-electron chi connectivity index (χ4n) is 2.33. The van der Waals surface area contributed by atoms with Crippen LogP contribution >= 0.6 is 34.5 Å². The van der Waals surface area contributed by atoms with Crippen molar-refractivity contribution >= 4 is 46.4 Å². The molecule has 2 aromatic rings. The van der Waals surface area contributed by atoms with Crippen molar-refractivity contribution in [1.82, 2.24) is 10.3 Å². The first-order chi connectivity index (χ1) is 11.4. The van der Waals surface area contributed by atoms with E-state index < -0.39 is 17.4 Å². The van der Waals surface area contributed by atoms with Gasteiger partial charge < -0.3 is 15.2 Å². The van der Waals surface area contributed by atoms with Crippen LogP contribution in [0.15, 0.2) is 23.6 Å². The Hall–Kier alpha value is -1.67. The van der Waals surface area contributed by atoms with Crippen molar-refractivity contribution in [1.29, 1.82) is 0 Å². The molecule has 1 aliphatic rings. The molecular weight excluding hydrogens is 375 g/mol. The molecule has 1 aromatic carbocycles. The average molecular weight is 387 g/mol. The third kappa shape index (κ3) is 3.25. The molecule has 1 fully saturated rings. The van der Waals surface area contributed by atoms with E-state index in [1.54, 1.807) is 23.6 Å². The summed E-state index contributed by atoms with van der Waals surface area (Å²) in [6, 6.07) is 4.99. The molecular formula is C15H12Cl2N2O4S. The fourth-order valence-corrected chi connectivity index (χ4v) is 3.72. The van der Waals surface area contributed by atoms with Crippen LogP contribution in [0.5, 0.6) is 0 Å². The molecule has 1 saturated heterocycles. The number of hydrogen-bond acceptors (Lipinski definition) is 5. The Labute approximate surface area is 151 Å². The molecule has 1 amide bonds. The molecule has 0 spiro atoms. The summed E-state index contributed by atoms with van der Waals surface area (Å²) in [7, 11) is 0. The van der Waals surface area contributed by atoms with E-state index in [0.29, 0.717) is 20.6 Å². The number of amides is 1. The van der Waals surface area contributed by atoms with Crippen LogP contribution in [-0.4, -0.2) is 40.7 Å². The molecule has 0 saturated carbocycles. The fraction of sp³-hybridized carbons (Fsp3) is 0.267. The summed E-state index contributed by atoms with van der Waals surface area (Å²) in [5, 5.41) is 14.9. The highest BCUT2D eigenvalue weighted by Gasteiger charge is 2.44. The number of ether oxygens (including phenoxy) is 1. The molecule has 0 radical (unpaired) electrons. The van der Waals surface area contributed by atoms with Gasteiger partial charge in [0.05, 0.1) is 11.6 Å². The second-order valence-corrected chi connectivity index (χ2v) is 7.01. The Balaban J connectivity index is 1.82. The summed E-state index contributed by atoms with van der Waals surface area (Å²) in [6.07, 6.45) is 0.216. The van der Waals surface area contributed by atoms with E-state index in [1.807, 2.05) is 0 Å². The minimum Gasteiger partial charge on any atom is -0.479 e. The molecule has 24 heavy (non-hydrogen) atoms. The minimum absolute atomic E-state index is 0.0614. The van der Waals surface area contributed by atoms with Gasteiger partial charge in [-0.3, -0.25) is 4.79 Å². The maximum atomic E-state index is 12.4. The SMILES string of the molecule is O=C(NC1(C(=O)O)CCOC1)c1csc(-c2ccc(Cl)cc2Cl)n1. The zero-order valence-electron chi connectivity index (χ0n) is 12.2. The van der Waals surface area contributed by atoms with Crippen molar-refractivity contribution in [3.63, 3.8) is 0 Å². The highest BCUT2D eigenvalue weighted by atomic mass is 35.5. The van der Waals surface area contributed by atoms with E-state index in [4.69, 9.17) is 27.9 Å². The summed E-state index contributed by atoms with van der Waals surface area (Å²) >= 11 is 13.2. The molecule has 2 N–H and O–H groups in total. The molecule has 0 bridgehead atoms. The molecule has 3 rings (SSSR count). The van der Waals surface area contributed by atoms with Crippen molar-refractivity contribution in [2.45, 2.75) is 12.0 Å². The third-order valence-electron chi connectivity index (χ3n) is 3.68. The molecule has 1 aromatic heterocycles. The summed E-state index contributed by atoms with van der Waals surface area (Å²) in [5.41, 5.74) is -0.616. The standard InChI is InChI=1S/C15H12Cl2N2O4S/c16-8-1-2-9(10(17)5-8)13-18-11(6-24-13)12(20)19-15(14(21)22)3-4-23-7-15/h1-2,5-6H,3-4,7H2,(H,19,20)(H,21,22). The van der Waals surface area contributed by atoms with E-state index in [2.05, 4.69) is 10.3 Å². The number of aromatic nitrogens is 1. The zero-order chi connectivity index (χ0) is 17.3. The number of nitrogens with zero attached hydrogens (tertiary/aromatic N) is 1. The van der Waals surface area contributed by atoms with Gasteiger partial charge in [0.1, 0.15) is 10.7 Å². The van der Waals surface area contributed by atoms with Crippen LogP contribution < -0.4 is 5.32 Å². The van der Waals surface area contributed by atoms with Crippen LogP contribution in [0.25, 0.3) is 10.6 Å². The number of carboxylic acids is 1. The number of carboxylic acid groups (broad SMARTS) is 1. The van der Waals surface area contributed by atoms with Gasteiger partial charge >= 0.3 is 5.97 Å². The number of thiazole rings is 1. The average Bonchev–Trinajstić information content (AvgIpc) is 3.17. The highest BCUT2D eigenvalue weighted by Crippen LogP contribution is 2.32. The van der Waals surface area contributed by atoms with Gasteiger partial charge in [-0.05, 0) is 18.2 Å². The van der Waals surface area contributed by atoms with Crippen molar-refractivity contribution in [3.8, 4) is 10.6 Å². The normalized spacial score (nSPS) is 20.1. The lowest BCUT2D eigenvalue weighted by Gasteiger charge is -2.22. The van der Waals surface area contributed by atoms with Crippen molar-refractivity contribution in [2.75, 3.05) is 13.2 Å². The Morgan fingerprint density at radius 3 is 2.79 bits per heavy atom. The Bertz CT molecular complexity index is 803. The van der Waals surface area contributed by atoms with Gasteiger partial charge in [-0.15, -0.1) is 11.3 Å². The maximum Gasteiger partial charge on any atom is 0.331 e. The molecule has 6 nitrogen and oxygen atoms in total. The Morgan fingerprint density at radius 2 is 2.17 bits per heavy atom. The largest absolute Gasteiger partial charge is 0.479 e. The predicted octanol–water partition coefficient (Wildman–Crippen LogP) is 3.09. The number of halogens is 2.